The first-order chi connectivity index (χ1) is 16.6. The molecule has 9 nitrogen and oxygen atoms in total. The van der Waals surface area contributed by atoms with Crippen LogP contribution in [-0.2, 0) is 23.7 Å². The van der Waals surface area contributed by atoms with Gasteiger partial charge in [-0.3, -0.25) is 9.69 Å². The Balaban J connectivity index is 1.97. The first kappa shape index (κ1) is 27.3. The van der Waals surface area contributed by atoms with Gasteiger partial charge in [0, 0.05) is 24.3 Å². The highest BCUT2D eigenvalue weighted by Crippen LogP contribution is 2.70. The minimum Gasteiger partial charge on any atom is -0.443 e. The molecule has 0 aromatic rings. The lowest BCUT2D eigenvalue weighted by molar-refractivity contribution is -0.456. The van der Waals surface area contributed by atoms with Crippen molar-refractivity contribution >= 4 is 11.9 Å². The number of ether oxygens (including phenoxy) is 4. The van der Waals surface area contributed by atoms with Crippen molar-refractivity contribution < 1.29 is 33.6 Å². The third-order valence-electron chi connectivity index (χ3n) is 9.26. The van der Waals surface area contributed by atoms with Crippen molar-refractivity contribution in [2.45, 2.75) is 95.4 Å². The number of hydrogen-bond acceptors (Lipinski definition) is 8. The van der Waals surface area contributed by atoms with Crippen LogP contribution < -0.4 is 5.32 Å². The Morgan fingerprint density at radius 3 is 2.50 bits per heavy atom. The number of ketones is 1. The number of rotatable bonds is 5. The first-order valence-electron chi connectivity index (χ1n) is 12.7. The van der Waals surface area contributed by atoms with E-state index in [2.05, 4.69) is 32.3 Å². The Labute approximate surface area is 214 Å². The lowest BCUT2D eigenvalue weighted by Crippen LogP contribution is -2.89. The van der Waals surface area contributed by atoms with Gasteiger partial charge >= 0.3 is 6.09 Å². The first-order valence-corrected chi connectivity index (χ1v) is 12.7. The second-order valence-electron chi connectivity index (χ2n) is 12.3. The van der Waals surface area contributed by atoms with Crippen LogP contribution in [0.3, 0.4) is 0 Å². The van der Waals surface area contributed by atoms with Gasteiger partial charge in [0.05, 0.1) is 11.7 Å². The summed E-state index contributed by atoms with van der Waals surface area (Å²) in [6, 6.07) is 0. The van der Waals surface area contributed by atoms with Crippen LogP contribution in [0.15, 0.2) is 25.3 Å². The van der Waals surface area contributed by atoms with Crippen molar-refractivity contribution in [2.75, 3.05) is 20.6 Å². The Morgan fingerprint density at radius 2 is 1.92 bits per heavy atom. The second-order valence-corrected chi connectivity index (χ2v) is 12.3. The molecule has 0 aromatic carbocycles. The second kappa shape index (κ2) is 8.63. The number of hydrogen-bond donors (Lipinski definition) is 2. The van der Waals surface area contributed by atoms with E-state index in [-0.39, 0.29) is 18.7 Å². The number of aliphatic hydroxyl groups is 1. The highest BCUT2D eigenvalue weighted by molar-refractivity contribution is 5.93. The third kappa shape index (κ3) is 3.46. The third-order valence-corrected chi connectivity index (χ3v) is 9.26. The van der Waals surface area contributed by atoms with Gasteiger partial charge < -0.3 is 29.4 Å². The number of nitrogens with one attached hydrogen (secondary N) is 1. The fourth-order valence-electron chi connectivity index (χ4n) is 7.75. The summed E-state index contributed by atoms with van der Waals surface area (Å²) in [4.78, 5) is 29.0. The van der Waals surface area contributed by atoms with Gasteiger partial charge in [0.15, 0.2) is 11.4 Å². The van der Waals surface area contributed by atoms with E-state index in [4.69, 9.17) is 18.9 Å². The monoisotopic (exact) mass is 506 g/mol. The maximum absolute atomic E-state index is 14.4. The highest BCUT2D eigenvalue weighted by Gasteiger charge is 2.84. The Bertz CT molecular complexity index is 952. The van der Waals surface area contributed by atoms with Gasteiger partial charge in [-0.2, -0.15) is 0 Å². The molecule has 2 aliphatic heterocycles. The molecular weight excluding hydrogens is 464 g/mol. The van der Waals surface area contributed by atoms with E-state index in [1.165, 1.54) is 0 Å². The van der Waals surface area contributed by atoms with E-state index in [9.17, 15) is 14.7 Å². The molecule has 4 rings (SSSR count). The summed E-state index contributed by atoms with van der Waals surface area (Å²) in [6.07, 6.45) is 0.378. The molecule has 0 bridgehead atoms. The van der Waals surface area contributed by atoms with Crippen LogP contribution in [-0.4, -0.2) is 84.1 Å². The predicted octanol–water partition coefficient (Wildman–Crippen LogP) is 2.78. The van der Waals surface area contributed by atoms with Gasteiger partial charge in [-0.25, -0.2) is 4.79 Å². The number of aliphatic hydroxyl groups excluding tert-OH is 1. The van der Waals surface area contributed by atoms with Crippen molar-refractivity contribution in [1.82, 2.24) is 10.2 Å². The van der Waals surface area contributed by atoms with Crippen LogP contribution >= 0.6 is 0 Å². The maximum atomic E-state index is 14.4. The lowest BCUT2D eigenvalue weighted by Gasteiger charge is -2.74. The van der Waals surface area contributed by atoms with Gasteiger partial charge in [0.2, 0.25) is 6.41 Å². The zero-order valence-electron chi connectivity index (χ0n) is 22.6. The van der Waals surface area contributed by atoms with Gasteiger partial charge in [0.25, 0.3) is 0 Å². The van der Waals surface area contributed by atoms with Crippen LogP contribution in [0.5, 0.6) is 0 Å². The smallest absolute Gasteiger partial charge is 0.407 e. The van der Waals surface area contributed by atoms with Crippen LogP contribution in [0.2, 0.25) is 0 Å². The number of Topliss-reactive ketones (excluding diaryl/α,β-unsaturated/α-hetero) is 1. The lowest BCUT2D eigenvalue weighted by atomic mass is 9.39. The largest absolute Gasteiger partial charge is 0.443 e. The molecule has 4 fully saturated rings. The fourth-order valence-corrected chi connectivity index (χ4v) is 7.75. The number of amides is 1. The molecule has 202 valence electrons. The number of carbonyl (C=O) groups is 2. The number of alkyl carbamates (subject to hydrolysis) is 1. The number of carbonyl (C=O) groups excluding carboxylic acids is 2. The predicted molar refractivity (Wildman–Crippen MR) is 133 cm³/mol. The molecule has 2 saturated heterocycles. The molecular formula is C27H42N2O7. The van der Waals surface area contributed by atoms with Crippen molar-refractivity contribution in [3.63, 3.8) is 0 Å². The zero-order valence-corrected chi connectivity index (χ0v) is 22.6. The molecule has 9 heteroatoms. The SMILES string of the molecule is C=CCNC(=O)O[C@H]1[C@H]2C(C)(C)CC[C@@H]3OC(N(C)C)O[C@@]4(C(=O)C[C@](C)(C=C)O[C@]4(C)[C@H]1O)[C@@]32C. The van der Waals surface area contributed by atoms with Crippen molar-refractivity contribution in [2.24, 2.45) is 16.7 Å². The summed E-state index contributed by atoms with van der Waals surface area (Å²) < 4.78 is 25.8. The molecule has 1 unspecified atom stereocenters. The van der Waals surface area contributed by atoms with Crippen LogP contribution in [0, 0.1) is 16.7 Å². The summed E-state index contributed by atoms with van der Waals surface area (Å²) in [7, 11) is 3.64. The van der Waals surface area contributed by atoms with Gasteiger partial charge in [-0.15, -0.1) is 13.2 Å². The minimum absolute atomic E-state index is 0.0414. The van der Waals surface area contributed by atoms with E-state index in [1.807, 2.05) is 21.0 Å². The average Bonchev–Trinajstić information content (AvgIpc) is 2.78. The van der Waals surface area contributed by atoms with Gasteiger partial charge in [-0.05, 0) is 46.2 Å². The Morgan fingerprint density at radius 1 is 1.25 bits per heavy atom. The summed E-state index contributed by atoms with van der Waals surface area (Å²) in [6.45, 7) is 17.4. The topological polar surface area (TPSA) is 107 Å². The number of nitrogens with zero attached hydrogens (tertiary/aromatic N) is 1. The van der Waals surface area contributed by atoms with E-state index < -0.39 is 64.4 Å². The zero-order chi connectivity index (χ0) is 26.9. The van der Waals surface area contributed by atoms with E-state index in [1.54, 1.807) is 30.9 Å². The van der Waals surface area contributed by atoms with E-state index in [0.717, 1.165) is 6.42 Å². The van der Waals surface area contributed by atoms with Crippen molar-refractivity contribution in [3.05, 3.63) is 25.3 Å². The van der Waals surface area contributed by atoms with Gasteiger partial charge in [0.1, 0.15) is 17.8 Å². The molecule has 1 amide bonds. The minimum atomic E-state index is -1.57. The summed E-state index contributed by atoms with van der Waals surface area (Å²) in [5.41, 5.74) is -5.55. The normalized spacial score (nSPS) is 47.4. The summed E-state index contributed by atoms with van der Waals surface area (Å²) in [5, 5.41) is 14.7. The molecule has 0 aromatic heterocycles. The average molecular weight is 507 g/mol. The van der Waals surface area contributed by atoms with E-state index >= 15 is 0 Å². The van der Waals surface area contributed by atoms with Crippen molar-refractivity contribution in [3.8, 4) is 0 Å². The maximum Gasteiger partial charge on any atom is 0.407 e. The molecule has 4 aliphatic rings. The Kier molecular flexibility index (Phi) is 6.53. The van der Waals surface area contributed by atoms with E-state index in [0.29, 0.717) is 6.42 Å². The molecule has 9 atom stereocenters. The van der Waals surface area contributed by atoms with Crippen molar-refractivity contribution in [1.29, 1.82) is 0 Å². The standard InChI is InChI=1S/C27H42N2O7/c1-10-14-28-21(32)34-18-19-23(3,4)13-12-17-25(19,6)27(35-22(33-17)29(8)9)16(30)15-24(5,11-2)36-26(27,7)20(18)31/h10-11,17-20,22,31H,1-2,12-15H2,3-9H3,(H,28,32)/t17-,18-,19-,20-,22?,24-,25-,26+,27-/m0/s1. The molecule has 0 radical (unpaired) electrons. The molecule has 36 heavy (non-hydrogen) atoms. The Hall–Kier alpha value is -1.78. The fraction of sp³-hybridized carbons (Fsp3) is 0.778. The van der Waals surface area contributed by atoms with Crippen LogP contribution in [0.25, 0.3) is 0 Å². The molecule has 2 aliphatic carbocycles. The van der Waals surface area contributed by atoms with Crippen LogP contribution in [0.1, 0.15) is 53.9 Å². The molecule has 2 saturated carbocycles. The van der Waals surface area contributed by atoms with Crippen LogP contribution in [0.4, 0.5) is 4.79 Å². The molecule has 2 N–H and O–H groups in total. The summed E-state index contributed by atoms with van der Waals surface area (Å²) >= 11 is 0. The quantitative estimate of drug-likeness (QED) is 0.549. The molecule has 1 spiro atoms. The highest BCUT2D eigenvalue weighted by atomic mass is 16.7. The molecule has 2 heterocycles. The summed E-state index contributed by atoms with van der Waals surface area (Å²) in [5.74, 6) is -0.636. The van der Waals surface area contributed by atoms with Gasteiger partial charge in [-0.1, -0.05) is 32.9 Å².